The topological polar surface area (TPSA) is 90.2 Å². The van der Waals surface area contributed by atoms with Gasteiger partial charge in [0.2, 0.25) is 0 Å². The van der Waals surface area contributed by atoms with Crippen molar-refractivity contribution in [1.29, 1.82) is 0 Å². The SMILES string of the molecule is CCN(CC)C(CNC(=O)c1c[nH]c(=O)[nH]1)c1cccc(OC)c1. The number of nitrogens with one attached hydrogen (secondary N) is 3. The average molecular weight is 332 g/mol. The van der Waals surface area contributed by atoms with Crippen LogP contribution in [0.15, 0.2) is 35.3 Å². The quantitative estimate of drug-likeness (QED) is 0.684. The molecule has 0 aliphatic rings. The standard InChI is InChI=1S/C17H24N4O3/c1-4-21(5-2)15(12-7-6-8-13(9-12)24-3)11-18-16(22)14-10-19-17(23)20-14/h6-10,15H,4-5,11H2,1-3H3,(H,18,22)(H2,19,20,23). The summed E-state index contributed by atoms with van der Waals surface area (Å²) >= 11 is 0. The van der Waals surface area contributed by atoms with Gasteiger partial charge in [0.1, 0.15) is 11.4 Å². The smallest absolute Gasteiger partial charge is 0.323 e. The van der Waals surface area contributed by atoms with Gasteiger partial charge in [0.25, 0.3) is 5.91 Å². The first kappa shape index (κ1) is 17.8. The summed E-state index contributed by atoms with van der Waals surface area (Å²) in [5, 5.41) is 2.89. The fourth-order valence-electron chi connectivity index (χ4n) is 2.71. The summed E-state index contributed by atoms with van der Waals surface area (Å²) in [6.45, 7) is 6.32. The second-order valence-electron chi connectivity index (χ2n) is 5.38. The minimum atomic E-state index is -0.395. The predicted octanol–water partition coefficient (Wildman–Crippen LogP) is 1.52. The van der Waals surface area contributed by atoms with E-state index in [0.717, 1.165) is 24.4 Å². The Hall–Kier alpha value is -2.54. The van der Waals surface area contributed by atoms with Crippen LogP contribution in [0.25, 0.3) is 0 Å². The van der Waals surface area contributed by atoms with Crippen LogP contribution in [0.4, 0.5) is 0 Å². The number of aromatic amines is 2. The minimum Gasteiger partial charge on any atom is -0.497 e. The van der Waals surface area contributed by atoms with Gasteiger partial charge in [0, 0.05) is 12.7 Å². The zero-order valence-electron chi connectivity index (χ0n) is 14.3. The molecule has 0 aliphatic carbocycles. The molecule has 0 saturated heterocycles. The number of benzene rings is 1. The van der Waals surface area contributed by atoms with Gasteiger partial charge in [0.05, 0.1) is 13.2 Å². The van der Waals surface area contributed by atoms with Crippen molar-refractivity contribution >= 4 is 5.91 Å². The van der Waals surface area contributed by atoms with Crippen LogP contribution in [-0.2, 0) is 0 Å². The zero-order valence-corrected chi connectivity index (χ0v) is 14.3. The Kier molecular flexibility index (Phi) is 6.20. The van der Waals surface area contributed by atoms with Crippen molar-refractivity contribution in [2.75, 3.05) is 26.7 Å². The molecule has 0 bridgehead atoms. The van der Waals surface area contributed by atoms with Crippen LogP contribution < -0.4 is 15.7 Å². The molecule has 0 fully saturated rings. The Morgan fingerprint density at radius 3 is 2.67 bits per heavy atom. The van der Waals surface area contributed by atoms with Crippen molar-refractivity contribution in [2.45, 2.75) is 19.9 Å². The van der Waals surface area contributed by atoms with Crippen molar-refractivity contribution in [1.82, 2.24) is 20.2 Å². The number of nitrogens with zero attached hydrogens (tertiary/aromatic N) is 1. The molecule has 0 radical (unpaired) electrons. The molecule has 7 nitrogen and oxygen atoms in total. The van der Waals surface area contributed by atoms with E-state index in [0.29, 0.717) is 6.54 Å². The van der Waals surface area contributed by atoms with Gasteiger partial charge in [-0.25, -0.2) is 4.79 Å². The van der Waals surface area contributed by atoms with E-state index in [1.807, 2.05) is 24.3 Å². The number of amides is 1. The van der Waals surface area contributed by atoms with Gasteiger partial charge in [0.15, 0.2) is 0 Å². The van der Waals surface area contributed by atoms with Crippen molar-refractivity contribution in [3.05, 3.63) is 52.2 Å². The molecule has 0 aliphatic heterocycles. The Morgan fingerprint density at radius 1 is 1.33 bits per heavy atom. The van der Waals surface area contributed by atoms with E-state index in [-0.39, 0.29) is 17.6 Å². The van der Waals surface area contributed by atoms with Gasteiger partial charge in [-0.2, -0.15) is 0 Å². The number of carbonyl (C=O) groups excluding carboxylic acids is 1. The number of hydrogen-bond acceptors (Lipinski definition) is 4. The van der Waals surface area contributed by atoms with Crippen molar-refractivity contribution < 1.29 is 9.53 Å². The summed E-state index contributed by atoms with van der Waals surface area (Å²) in [6, 6.07) is 7.86. The number of hydrogen-bond donors (Lipinski definition) is 3. The number of rotatable bonds is 8. The Balaban J connectivity index is 2.16. The molecule has 24 heavy (non-hydrogen) atoms. The van der Waals surface area contributed by atoms with Crippen LogP contribution in [0.3, 0.4) is 0 Å². The van der Waals surface area contributed by atoms with Crippen LogP contribution in [-0.4, -0.2) is 47.5 Å². The first-order valence-electron chi connectivity index (χ1n) is 8.02. The highest BCUT2D eigenvalue weighted by Gasteiger charge is 2.20. The van der Waals surface area contributed by atoms with Crippen LogP contribution in [0, 0.1) is 0 Å². The summed E-state index contributed by atoms with van der Waals surface area (Å²) in [4.78, 5) is 30.4. The first-order chi connectivity index (χ1) is 11.6. The van der Waals surface area contributed by atoms with E-state index >= 15 is 0 Å². The third-order valence-corrected chi connectivity index (χ3v) is 4.03. The highest BCUT2D eigenvalue weighted by atomic mass is 16.5. The molecule has 1 aromatic heterocycles. The molecule has 1 atom stereocenters. The van der Waals surface area contributed by atoms with Crippen LogP contribution >= 0.6 is 0 Å². The Morgan fingerprint density at radius 2 is 2.08 bits per heavy atom. The van der Waals surface area contributed by atoms with Crippen molar-refractivity contribution in [3.8, 4) is 5.75 Å². The molecule has 2 rings (SSSR count). The van der Waals surface area contributed by atoms with Gasteiger partial charge in [-0.05, 0) is 30.8 Å². The van der Waals surface area contributed by atoms with E-state index in [2.05, 4.69) is 34.0 Å². The zero-order chi connectivity index (χ0) is 17.5. The fourth-order valence-corrected chi connectivity index (χ4v) is 2.71. The normalized spacial score (nSPS) is 12.2. The van der Waals surface area contributed by atoms with Crippen LogP contribution in [0.2, 0.25) is 0 Å². The summed E-state index contributed by atoms with van der Waals surface area (Å²) < 4.78 is 5.30. The predicted molar refractivity (Wildman–Crippen MR) is 92.4 cm³/mol. The second-order valence-corrected chi connectivity index (χ2v) is 5.38. The maximum absolute atomic E-state index is 12.2. The third kappa shape index (κ3) is 4.26. The molecular formula is C17H24N4O3. The fraction of sp³-hybridized carbons (Fsp3) is 0.412. The second kappa shape index (κ2) is 8.35. The third-order valence-electron chi connectivity index (χ3n) is 4.03. The van der Waals surface area contributed by atoms with Crippen molar-refractivity contribution in [2.24, 2.45) is 0 Å². The summed E-state index contributed by atoms with van der Waals surface area (Å²) in [7, 11) is 1.63. The number of methoxy groups -OCH3 is 1. The average Bonchev–Trinajstić information content (AvgIpc) is 3.05. The maximum Gasteiger partial charge on any atom is 0.323 e. The largest absolute Gasteiger partial charge is 0.497 e. The van der Waals surface area contributed by atoms with Crippen molar-refractivity contribution in [3.63, 3.8) is 0 Å². The molecule has 130 valence electrons. The number of likely N-dealkylation sites (N-methyl/N-ethyl adjacent to an activating group) is 1. The van der Waals surface area contributed by atoms with E-state index in [1.165, 1.54) is 6.20 Å². The lowest BCUT2D eigenvalue weighted by molar-refractivity contribution is 0.0930. The van der Waals surface area contributed by atoms with E-state index in [1.54, 1.807) is 7.11 Å². The van der Waals surface area contributed by atoms with E-state index in [4.69, 9.17) is 4.74 Å². The van der Waals surface area contributed by atoms with Gasteiger partial charge >= 0.3 is 5.69 Å². The van der Waals surface area contributed by atoms with Gasteiger partial charge in [-0.3, -0.25) is 9.69 Å². The van der Waals surface area contributed by atoms with E-state index < -0.39 is 5.69 Å². The lowest BCUT2D eigenvalue weighted by atomic mass is 10.0. The maximum atomic E-state index is 12.2. The monoisotopic (exact) mass is 332 g/mol. The molecule has 1 unspecified atom stereocenters. The van der Waals surface area contributed by atoms with Gasteiger partial charge < -0.3 is 20.0 Å². The van der Waals surface area contributed by atoms with E-state index in [9.17, 15) is 9.59 Å². The molecule has 2 aromatic rings. The Bertz CT molecular complexity index is 718. The molecule has 0 saturated carbocycles. The lowest BCUT2D eigenvalue weighted by Crippen LogP contribution is -2.38. The first-order valence-corrected chi connectivity index (χ1v) is 8.02. The summed E-state index contributed by atoms with van der Waals surface area (Å²) in [5.41, 5.74) is 0.901. The van der Waals surface area contributed by atoms with Gasteiger partial charge in [-0.1, -0.05) is 26.0 Å². The number of H-pyrrole nitrogens is 2. The number of imidazole rings is 1. The molecule has 3 N–H and O–H groups in total. The highest BCUT2D eigenvalue weighted by Crippen LogP contribution is 2.23. The minimum absolute atomic E-state index is 0.0183. The molecular weight excluding hydrogens is 308 g/mol. The number of carbonyl (C=O) groups is 1. The molecule has 7 heteroatoms. The van der Waals surface area contributed by atoms with Crippen LogP contribution in [0.1, 0.15) is 35.9 Å². The summed E-state index contributed by atoms with van der Waals surface area (Å²) in [6.07, 6.45) is 1.37. The number of ether oxygens (including phenoxy) is 1. The van der Waals surface area contributed by atoms with Crippen LogP contribution in [0.5, 0.6) is 5.75 Å². The highest BCUT2D eigenvalue weighted by molar-refractivity contribution is 5.91. The van der Waals surface area contributed by atoms with Gasteiger partial charge in [-0.15, -0.1) is 0 Å². The Labute approximate surface area is 141 Å². The number of aromatic nitrogens is 2. The molecule has 1 amide bonds. The lowest BCUT2D eigenvalue weighted by Gasteiger charge is -2.30. The summed E-state index contributed by atoms with van der Waals surface area (Å²) in [5.74, 6) is 0.472. The molecule has 1 aromatic carbocycles. The molecule has 0 spiro atoms. The molecule has 1 heterocycles.